The molecule has 2 heterocycles. The first kappa shape index (κ1) is 20.7. The largest absolute Gasteiger partial charge is 0.506 e. The van der Waals surface area contributed by atoms with Crippen LogP contribution in [0.25, 0.3) is 0 Å². The Labute approximate surface area is 159 Å². The topological polar surface area (TPSA) is 35.5 Å². The van der Waals surface area contributed by atoms with Crippen LogP contribution in [0.2, 0.25) is 0 Å². The number of rotatable bonds is 3. The van der Waals surface area contributed by atoms with E-state index in [1.54, 1.807) is 11.3 Å². The van der Waals surface area contributed by atoms with Gasteiger partial charge in [0.2, 0.25) is 0 Å². The summed E-state index contributed by atoms with van der Waals surface area (Å²) in [6.07, 6.45) is 0. The highest BCUT2D eigenvalue weighted by Crippen LogP contribution is 2.40. The lowest BCUT2D eigenvalue weighted by Gasteiger charge is -2.35. The zero-order valence-electron chi connectivity index (χ0n) is 12.2. The minimum Gasteiger partial charge on any atom is -0.506 e. The minimum atomic E-state index is -0.341. The smallest absolute Gasteiger partial charge is 0.135 e. The molecule has 3 rings (SSSR count). The highest BCUT2D eigenvalue weighted by molar-refractivity contribution is 9.10. The number of hydrogen-bond acceptors (Lipinski definition) is 4. The van der Waals surface area contributed by atoms with Crippen LogP contribution in [0, 0.1) is 5.82 Å². The average molecular weight is 444 g/mol. The highest BCUT2D eigenvalue weighted by atomic mass is 79.9. The first-order chi connectivity index (χ1) is 10.2. The molecule has 8 heteroatoms. The number of benzene rings is 1. The predicted molar refractivity (Wildman–Crippen MR) is 101 cm³/mol. The molecule has 2 N–H and O–H groups in total. The van der Waals surface area contributed by atoms with E-state index in [2.05, 4.69) is 26.1 Å². The molecule has 1 atom stereocenters. The van der Waals surface area contributed by atoms with Crippen LogP contribution in [0.4, 0.5) is 4.39 Å². The molecule has 1 aromatic heterocycles. The second kappa shape index (κ2) is 9.20. The summed E-state index contributed by atoms with van der Waals surface area (Å²) in [5.41, 5.74) is 0.617. The quantitative estimate of drug-likeness (QED) is 0.746. The Bertz CT molecular complexity index is 624. The van der Waals surface area contributed by atoms with E-state index in [0.29, 0.717) is 10.0 Å². The molecule has 128 valence electrons. The molecule has 1 aliphatic heterocycles. The molecule has 1 saturated heterocycles. The normalized spacial score (nSPS) is 16.3. The van der Waals surface area contributed by atoms with Gasteiger partial charge < -0.3 is 10.4 Å². The van der Waals surface area contributed by atoms with Gasteiger partial charge in [-0.05, 0) is 39.5 Å². The van der Waals surface area contributed by atoms with E-state index < -0.39 is 0 Å². The molecule has 0 spiro atoms. The molecule has 1 aliphatic rings. The van der Waals surface area contributed by atoms with Crippen molar-refractivity contribution in [3.8, 4) is 5.75 Å². The Morgan fingerprint density at radius 2 is 1.96 bits per heavy atom. The van der Waals surface area contributed by atoms with Gasteiger partial charge in [0, 0.05) is 36.6 Å². The van der Waals surface area contributed by atoms with Crippen LogP contribution in [0.5, 0.6) is 5.75 Å². The maximum Gasteiger partial charge on any atom is 0.135 e. The molecule has 0 unspecified atom stereocenters. The highest BCUT2D eigenvalue weighted by Gasteiger charge is 2.28. The van der Waals surface area contributed by atoms with Crippen molar-refractivity contribution in [3.63, 3.8) is 0 Å². The fraction of sp³-hybridized carbons (Fsp3) is 0.333. The van der Waals surface area contributed by atoms with Gasteiger partial charge >= 0.3 is 0 Å². The van der Waals surface area contributed by atoms with Gasteiger partial charge in [0.1, 0.15) is 11.6 Å². The van der Waals surface area contributed by atoms with Gasteiger partial charge in [-0.25, -0.2) is 4.39 Å². The van der Waals surface area contributed by atoms with Crippen molar-refractivity contribution >= 4 is 52.1 Å². The summed E-state index contributed by atoms with van der Waals surface area (Å²) in [4.78, 5) is 3.40. The number of thiophene rings is 1. The van der Waals surface area contributed by atoms with Gasteiger partial charge in [0.05, 0.1) is 10.5 Å². The number of halogens is 4. The second-order valence-corrected chi connectivity index (χ2v) is 6.86. The third kappa shape index (κ3) is 4.59. The van der Waals surface area contributed by atoms with Crippen LogP contribution in [0.15, 0.2) is 34.1 Å². The van der Waals surface area contributed by atoms with Crippen molar-refractivity contribution in [3.05, 3.63) is 50.4 Å². The van der Waals surface area contributed by atoms with Crippen LogP contribution in [0.3, 0.4) is 0 Å². The SMILES string of the molecule is Cl.Cl.Oc1c(Br)cc(F)cc1[C@H](c1cccs1)N1CCNCC1. The summed E-state index contributed by atoms with van der Waals surface area (Å²) >= 11 is 4.86. The van der Waals surface area contributed by atoms with Crippen LogP contribution in [0.1, 0.15) is 16.5 Å². The third-order valence-corrected chi connectivity index (χ3v) is 5.21. The summed E-state index contributed by atoms with van der Waals surface area (Å²) in [7, 11) is 0. The minimum absolute atomic E-state index is 0. The maximum absolute atomic E-state index is 13.8. The van der Waals surface area contributed by atoms with Crippen molar-refractivity contribution in [2.24, 2.45) is 0 Å². The van der Waals surface area contributed by atoms with Gasteiger partial charge in [-0.1, -0.05) is 6.07 Å². The van der Waals surface area contributed by atoms with Crippen LogP contribution >= 0.6 is 52.1 Å². The van der Waals surface area contributed by atoms with E-state index in [4.69, 9.17) is 0 Å². The predicted octanol–water partition coefficient (Wildman–Crippen LogP) is 4.19. The van der Waals surface area contributed by atoms with Crippen molar-refractivity contribution < 1.29 is 9.50 Å². The summed E-state index contributed by atoms with van der Waals surface area (Å²) in [6, 6.07) is 6.64. The number of nitrogens with zero attached hydrogens (tertiary/aromatic N) is 1. The molecule has 2 aromatic rings. The number of piperazine rings is 1. The van der Waals surface area contributed by atoms with Gasteiger partial charge in [-0.3, -0.25) is 4.90 Å². The fourth-order valence-electron chi connectivity index (χ4n) is 2.71. The Hall–Kier alpha value is -0.370. The lowest BCUT2D eigenvalue weighted by molar-refractivity contribution is 0.197. The number of hydrogen-bond donors (Lipinski definition) is 2. The summed E-state index contributed by atoms with van der Waals surface area (Å²) in [5, 5.41) is 15.7. The maximum atomic E-state index is 13.8. The summed E-state index contributed by atoms with van der Waals surface area (Å²) in [5.74, 6) is -0.223. The lowest BCUT2D eigenvalue weighted by Crippen LogP contribution is -2.45. The molecule has 0 saturated carbocycles. The Morgan fingerprint density at radius 1 is 1.26 bits per heavy atom. The zero-order valence-corrected chi connectivity index (χ0v) is 16.2. The molecule has 23 heavy (non-hydrogen) atoms. The van der Waals surface area contributed by atoms with Gasteiger partial charge in [0.25, 0.3) is 0 Å². The molecule has 0 bridgehead atoms. The molecule has 0 radical (unpaired) electrons. The average Bonchev–Trinajstić information content (AvgIpc) is 2.99. The summed E-state index contributed by atoms with van der Waals surface area (Å²) in [6.45, 7) is 3.55. The fourth-order valence-corrected chi connectivity index (χ4v) is 4.04. The number of phenolic OH excluding ortho intramolecular Hbond substituents is 1. The first-order valence-electron chi connectivity index (χ1n) is 6.83. The van der Waals surface area contributed by atoms with Crippen LogP contribution < -0.4 is 5.32 Å². The Kier molecular flexibility index (Phi) is 8.27. The monoisotopic (exact) mass is 442 g/mol. The standard InChI is InChI=1S/C15H16BrFN2OS.2ClH/c16-12-9-10(17)8-11(15(12)20)14(13-2-1-7-21-13)19-5-3-18-4-6-19;;/h1-2,7-9,14,18,20H,3-6H2;2*1H/t14-;;/m1../s1. The molecular weight excluding hydrogens is 426 g/mol. The van der Waals surface area contributed by atoms with Crippen LogP contribution in [-0.4, -0.2) is 36.2 Å². The lowest BCUT2D eigenvalue weighted by atomic mass is 10.0. The molecular formula is C15H18BrCl2FN2OS. The zero-order chi connectivity index (χ0) is 14.8. The third-order valence-electron chi connectivity index (χ3n) is 3.68. The number of aromatic hydroxyl groups is 1. The van der Waals surface area contributed by atoms with E-state index >= 15 is 0 Å². The number of phenols is 1. The Morgan fingerprint density at radius 3 is 2.57 bits per heavy atom. The van der Waals surface area contributed by atoms with Gasteiger partial charge in [0.15, 0.2) is 0 Å². The summed E-state index contributed by atoms with van der Waals surface area (Å²) < 4.78 is 14.2. The van der Waals surface area contributed by atoms with Gasteiger partial charge in [-0.15, -0.1) is 36.2 Å². The molecule has 0 amide bonds. The van der Waals surface area contributed by atoms with Crippen molar-refractivity contribution in [1.82, 2.24) is 10.2 Å². The molecule has 1 fully saturated rings. The van der Waals surface area contributed by atoms with Crippen molar-refractivity contribution in [2.45, 2.75) is 6.04 Å². The van der Waals surface area contributed by atoms with Crippen LogP contribution in [-0.2, 0) is 0 Å². The van der Waals surface area contributed by atoms with E-state index in [1.165, 1.54) is 12.1 Å². The first-order valence-corrected chi connectivity index (χ1v) is 8.50. The van der Waals surface area contributed by atoms with Gasteiger partial charge in [-0.2, -0.15) is 0 Å². The van der Waals surface area contributed by atoms with Crippen molar-refractivity contribution in [1.29, 1.82) is 0 Å². The molecule has 1 aromatic carbocycles. The van der Waals surface area contributed by atoms with E-state index in [-0.39, 0.29) is 42.4 Å². The van der Waals surface area contributed by atoms with Crippen molar-refractivity contribution in [2.75, 3.05) is 26.2 Å². The van der Waals surface area contributed by atoms with E-state index in [9.17, 15) is 9.50 Å². The molecule has 3 nitrogen and oxygen atoms in total. The second-order valence-electron chi connectivity index (χ2n) is 5.03. The van der Waals surface area contributed by atoms with E-state index in [1.807, 2.05) is 17.5 Å². The Balaban J connectivity index is 0.00000132. The number of nitrogens with one attached hydrogen (secondary N) is 1. The molecule has 0 aliphatic carbocycles. The van der Waals surface area contributed by atoms with E-state index in [0.717, 1.165) is 31.1 Å².